The number of nitrogens with zero attached hydrogens (tertiary/aromatic N) is 2. The number of nitrogens with one attached hydrogen (secondary N) is 1. The van der Waals surface area contributed by atoms with Crippen molar-refractivity contribution >= 4 is 5.69 Å². The fourth-order valence-corrected chi connectivity index (χ4v) is 2.72. The van der Waals surface area contributed by atoms with Crippen molar-refractivity contribution in [3.05, 3.63) is 41.0 Å². The second-order valence-corrected chi connectivity index (χ2v) is 5.00. The molecule has 1 aromatic carbocycles. The monoisotopic (exact) mass is 261 g/mol. The first-order valence-electron chi connectivity index (χ1n) is 6.51. The number of fused-ring (bicyclic) bond motifs is 1. The summed E-state index contributed by atoms with van der Waals surface area (Å²) < 4.78 is 19.2. The number of hydrogen-bond donors (Lipinski definition) is 1. The van der Waals surface area contributed by atoms with Crippen molar-refractivity contribution in [3.63, 3.8) is 0 Å². The maximum atomic E-state index is 13.3. The summed E-state index contributed by atoms with van der Waals surface area (Å²) in [6.07, 6.45) is -0.0598. The molecule has 0 radical (unpaired) electrons. The minimum atomic E-state index is -0.463. The minimum absolute atomic E-state index is 0.0598. The summed E-state index contributed by atoms with van der Waals surface area (Å²) in [6, 6.07) is 5.12. The highest BCUT2D eigenvalue weighted by Crippen LogP contribution is 2.29. The number of halogens is 1. The van der Waals surface area contributed by atoms with Crippen LogP contribution in [0.4, 0.5) is 10.1 Å². The van der Waals surface area contributed by atoms with E-state index in [-0.39, 0.29) is 11.8 Å². The van der Waals surface area contributed by atoms with Crippen molar-refractivity contribution in [2.75, 3.05) is 32.8 Å². The zero-order valence-electron chi connectivity index (χ0n) is 10.6. The van der Waals surface area contributed by atoms with Gasteiger partial charge >= 0.3 is 0 Å². The van der Waals surface area contributed by atoms with Crippen LogP contribution in [0.1, 0.15) is 11.7 Å². The van der Waals surface area contributed by atoms with Crippen molar-refractivity contribution in [3.8, 4) is 0 Å². The predicted octanol–water partition coefficient (Wildman–Crippen LogP) is 1.72. The molecule has 4 nitrogen and oxygen atoms in total. The molecule has 0 aromatic heterocycles. The third-order valence-corrected chi connectivity index (χ3v) is 3.82. The molecule has 2 aliphatic rings. The number of benzene rings is 1. The largest absolute Gasteiger partial charge is 0.371 e. The van der Waals surface area contributed by atoms with Gasteiger partial charge in [-0.1, -0.05) is 6.07 Å². The number of piperazine rings is 1. The van der Waals surface area contributed by atoms with Gasteiger partial charge < -0.3 is 10.1 Å². The van der Waals surface area contributed by atoms with Gasteiger partial charge in [0.2, 0.25) is 5.69 Å². The van der Waals surface area contributed by atoms with Gasteiger partial charge in [0, 0.05) is 32.2 Å². The van der Waals surface area contributed by atoms with Crippen LogP contribution < -0.4 is 5.32 Å². The predicted molar refractivity (Wildman–Crippen MR) is 69.6 cm³/mol. The van der Waals surface area contributed by atoms with E-state index in [0.29, 0.717) is 12.6 Å². The molecule has 2 aliphatic heterocycles. The third kappa shape index (κ3) is 2.47. The first-order valence-corrected chi connectivity index (χ1v) is 6.51. The van der Waals surface area contributed by atoms with E-state index in [1.54, 1.807) is 12.1 Å². The van der Waals surface area contributed by atoms with Gasteiger partial charge in [-0.2, -0.15) is 0 Å². The Kier molecular flexibility index (Phi) is 3.47. The van der Waals surface area contributed by atoms with Crippen molar-refractivity contribution < 1.29 is 9.13 Å². The zero-order valence-corrected chi connectivity index (χ0v) is 10.6. The van der Waals surface area contributed by atoms with Crippen LogP contribution in [0.15, 0.2) is 18.2 Å². The molecule has 2 heterocycles. The molecule has 0 unspecified atom stereocenters. The lowest BCUT2D eigenvalue weighted by atomic mass is 10.0. The van der Waals surface area contributed by atoms with Gasteiger partial charge in [0.1, 0.15) is 5.82 Å². The lowest BCUT2D eigenvalue weighted by Gasteiger charge is -2.42. The Morgan fingerprint density at radius 2 is 2.37 bits per heavy atom. The Morgan fingerprint density at radius 3 is 3.21 bits per heavy atom. The van der Waals surface area contributed by atoms with Gasteiger partial charge in [-0.25, -0.2) is 9.24 Å². The summed E-state index contributed by atoms with van der Waals surface area (Å²) in [7, 11) is 0. The smallest absolute Gasteiger partial charge is 0.222 e. The molecule has 100 valence electrons. The maximum Gasteiger partial charge on any atom is 0.222 e. The molecule has 0 saturated carbocycles. The highest BCUT2D eigenvalue weighted by atomic mass is 19.1. The fraction of sp³-hybridized carbons (Fsp3) is 0.500. The van der Waals surface area contributed by atoms with Crippen molar-refractivity contribution in [2.45, 2.75) is 12.1 Å². The van der Waals surface area contributed by atoms with E-state index in [9.17, 15) is 4.39 Å². The third-order valence-electron chi connectivity index (χ3n) is 3.82. The van der Waals surface area contributed by atoms with Crippen LogP contribution in [0.5, 0.6) is 0 Å². The van der Waals surface area contributed by atoms with E-state index in [2.05, 4.69) is 15.1 Å². The lowest BCUT2D eigenvalue weighted by Crippen LogP contribution is -2.57. The molecule has 1 N–H and O–H groups in total. The van der Waals surface area contributed by atoms with Crippen LogP contribution in [-0.4, -0.2) is 43.7 Å². The molecule has 1 aromatic rings. The second-order valence-electron chi connectivity index (χ2n) is 5.00. The molecule has 2 fully saturated rings. The van der Waals surface area contributed by atoms with Crippen LogP contribution in [0.2, 0.25) is 0 Å². The minimum Gasteiger partial charge on any atom is -0.371 e. The average Bonchev–Trinajstić information content (AvgIpc) is 2.47. The first kappa shape index (κ1) is 12.5. The first-order chi connectivity index (χ1) is 9.28. The van der Waals surface area contributed by atoms with E-state index in [0.717, 1.165) is 31.7 Å². The lowest BCUT2D eigenvalue weighted by molar-refractivity contribution is -0.0717. The standard InChI is InChI=1S/C14H16FN3O/c1-16-13-6-10(2-3-12(13)15)14-8-18-5-4-17-7-11(18)9-19-14/h2-3,6,11,14,17H,4-5,7-9H2/t11-,14+/m0/s1. The zero-order chi connectivity index (χ0) is 13.2. The van der Waals surface area contributed by atoms with E-state index in [1.165, 1.54) is 6.07 Å². The summed E-state index contributed by atoms with van der Waals surface area (Å²) in [5.41, 5.74) is 0.966. The Hall–Kier alpha value is -1.48. The van der Waals surface area contributed by atoms with E-state index < -0.39 is 5.82 Å². The molecule has 0 aliphatic carbocycles. The molecule has 2 saturated heterocycles. The highest BCUT2D eigenvalue weighted by molar-refractivity contribution is 5.48. The van der Waals surface area contributed by atoms with Crippen LogP contribution in [-0.2, 0) is 4.74 Å². The Morgan fingerprint density at radius 1 is 1.47 bits per heavy atom. The normalized spacial score (nSPS) is 27.6. The number of hydrogen-bond acceptors (Lipinski definition) is 3. The average molecular weight is 261 g/mol. The van der Waals surface area contributed by atoms with Crippen molar-refractivity contribution in [1.82, 2.24) is 10.2 Å². The topological polar surface area (TPSA) is 28.9 Å². The van der Waals surface area contributed by atoms with Crippen molar-refractivity contribution in [2.24, 2.45) is 0 Å². The van der Waals surface area contributed by atoms with Gasteiger partial charge in [-0.05, 0) is 17.7 Å². The van der Waals surface area contributed by atoms with E-state index in [1.807, 2.05) is 0 Å². The fourth-order valence-electron chi connectivity index (χ4n) is 2.72. The summed E-state index contributed by atoms with van der Waals surface area (Å²) in [5, 5.41) is 3.35. The molecule has 0 amide bonds. The summed E-state index contributed by atoms with van der Waals surface area (Å²) in [5.74, 6) is -0.463. The Balaban J connectivity index is 1.78. The SMILES string of the molecule is [C-]#[N+]c1cc([C@H]2CN3CCNC[C@H]3CO2)ccc1F. The van der Waals surface area contributed by atoms with Crippen LogP contribution >= 0.6 is 0 Å². The Labute approximate surface area is 112 Å². The summed E-state index contributed by atoms with van der Waals surface area (Å²) in [6.45, 7) is 11.4. The van der Waals surface area contributed by atoms with Gasteiger partial charge in [-0.3, -0.25) is 4.90 Å². The quantitative estimate of drug-likeness (QED) is 0.780. The van der Waals surface area contributed by atoms with E-state index in [4.69, 9.17) is 11.3 Å². The van der Waals surface area contributed by atoms with Gasteiger partial charge in [0.15, 0.2) is 0 Å². The van der Waals surface area contributed by atoms with Gasteiger partial charge in [-0.15, -0.1) is 0 Å². The number of morpholine rings is 1. The van der Waals surface area contributed by atoms with Crippen LogP contribution in [0.3, 0.4) is 0 Å². The molecule has 19 heavy (non-hydrogen) atoms. The molecular weight excluding hydrogens is 245 g/mol. The van der Waals surface area contributed by atoms with Crippen LogP contribution in [0, 0.1) is 12.4 Å². The van der Waals surface area contributed by atoms with Crippen molar-refractivity contribution in [1.29, 1.82) is 0 Å². The van der Waals surface area contributed by atoms with Gasteiger partial charge in [0.05, 0.1) is 19.3 Å². The molecular formula is C14H16FN3O. The molecule has 0 bridgehead atoms. The molecule has 0 spiro atoms. The Bertz CT molecular complexity index is 514. The second kappa shape index (κ2) is 5.25. The molecule has 3 rings (SSSR count). The number of ether oxygens (including phenoxy) is 1. The molecule has 5 heteroatoms. The van der Waals surface area contributed by atoms with Crippen LogP contribution in [0.25, 0.3) is 4.85 Å². The molecule has 2 atom stereocenters. The maximum absolute atomic E-state index is 13.3. The summed E-state index contributed by atoms with van der Waals surface area (Å²) >= 11 is 0. The number of rotatable bonds is 1. The van der Waals surface area contributed by atoms with E-state index >= 15 is 0 Å². The summed E-state index contributed by atoms with van der Waals surface area (Å²) in [4.78, 5) is 5.61. The highest BCUT2D eigenvalue weighted by Gasteiger charge is 2.31. The van der Waals surface area contributed by atoms with Gasteiger partial charge in [0.25, 0.3) is 0 Å².